The van der Waals surface area contributed by atoms with Crippen molar-refractivity contribution in [3.05, 3.63) is 47.0 Å². The molecule has 0 radical (unpaired) electrons. The Morgan fingerprint density at radius 1 is 1.09 bits per heavy atom. The zero-order valence-corrected chi connectivity index (χ0v) is 15.2. The zero-order valence-electron chi connectivity index (χ0n) is 14.4. The number of hydrogen-bond acceptors (Lipinski definition) is 3. The minimum absolute atomic E-state index is 0.994. The van der Waals surface area contributed by atoms with Crippen molar-refractivity contribution < 1.29 is 0 Å². The molecule has 1 aromatic heterocycles. The Morgan fingerprint density at radius 3 is 2.52 bits per heavy atom. The van der Waals surface area contributed by atoms with Gasteiger partial charge in [-0.2, -0.15) is 0 Å². The third-order valence-electron chi connectivity index (χ3n) is 4.17. The number of unbranched alkanes of at least 4 members (excludes halogenated alkanes) is 1. The summed E-state index contributed by atoms with van der Waals surface area (Å²) in [6.07, 6.45) is 2.38. The molecule has 3 rings (SSSR count). The molecule has 1 heterocycles. The van der Waals surface area contributed by atoms with E-state index in [-0.39, 0.29) is 0 Å². The molecule has 120 valence electrons. The van der Waals surface area contributed by atoms with Crippen molar-refractivity contribution in [2.75, 3.05) is 11.9 Å². The molecule has 0 amide bonds. The van der Waals surface area contributed by atoms with Gasteiger partial charge in [-0.05, 0) is 49.9 Å². The van der Waals surface area contributed by atoms with Crippen LogP contribution in [0.15, 0.2) is 30.3 Å². The fourth-order valence-electron chi connectivity index (χ4n) is 3.20. The first-order valence-electron chi connectivity index (χ1n) is 8.31. The summed E-state index contributed by atoms with van der Waals surface area (Å²) in [6.45, 7) is 9.75. The Bertz CT molecular complexity index is 810. The largest absolute Gasteiger partial charge is 0.361 e. The van der Waals surface area contributed by atoms with Crippen LogP contribution in [0.2, 0.25) is 0 Å². The van der Waals surface area contributed by atoms with Crippen molar-refractivity contribution in [2.45, 2.75) is 40.5 Å². The molecule has 23 heavy (non-hydrogen) atoms. The van der Waals surface area contributed by atoms with E-state index in [9.17, 15) is 0 Å². The molecule has 0 bridgehead atoms. The highest BCUT2D eigenvalue weighted by Crippen LogP contribution is 2.36. The normalized spacial score (nSPS) is 11.1. The topological polar surface area (TPSA) is 24.9 Å². The van der Waals surface area contributed by atoms with Gasteiger partial charge in [0.2, 0.25) is 0 Å². The van der Waals surface area contributed by atoms with E-state index in [0.29, 0.717) is 0 Å². The molecule has 0 aliphatic carbocycles. The van der Waals surface area contributed by atoms with E-state index in [2.05, 4.69) is 63.3 Å². The lowest BCUT2D eigenvalue weighted by molar-refractivity contribution is 0.834. The summed E-state index contributed by atoms with van der Waals surface area (Å²) < 4.78 is 1.25. The molecule has 0 unspecified atom stereocenters. The molecular formula is C20H24N2S. The summed E-state index contributed by atoms with van der Waals surface area (Å²) in [4.78, 5) is 4.87. The number of anilines is 1. The van der Waals surface area contributed by atoms with Gasteiger partial charge < -0.3 is 5.32 Å². The molecule has 3 heteroatoms. The molecule has 0 aliphatic rings. The minimum Gasteiger partial charge on any atom is -0.361 e. The molecule has 0 atom stereocenters. The van der Waals surface area contributed by atoms with Gasteiger partial charge in [-0.3, -0.25) is 0 Å². The zero-order chi connectivity index (χ0) is 16.4. The van der Waals surface area contributed by atoms with Crippen molar-refractivity contribution in [1.29, 1.82) is 0 Å². The van der Waals surface area contributed by atoms with Crippen molar-refractivity contribution >= 4 is 26.7 Å². The SMILES string of the molecule is CCCCNc1nc2c(-c3c(C)cc(C)cc3C)cccc2s1. The Labute approximate surface area is 142 Å². The number of thiazole rings is 1. The van der Waals surface area contributed by atoms with Gasteiger partial charge in [0.1, 0.15) is 0 Å². The maximum atomic E-state index is 4.87. The van der Waals surface area contributed by atoms with Crippen LogP contribution in [0.25, 0.3) is 21.3 Å². The average Bonchev–Trinajstić information content (AvgIpc) is 2.90. The van der Waals surface area contributed by atoms with Crippen LogP contribution in [0, 0.1) is 20.8 Å². The number of rotatable bonds is 5. The van der Waals surface area contributed by atoms with Crippen molar-refractivity contribution in [1.82, 2.24) is 4.98 Å². The fourth-order valence-corrected chi connectivity index (χ4v) is 4.12. The van der Waals surface area contributed by atoms with Gasteiger partial charge in [0.25, 0.3) is 0 Å². The summed E-state index contributed by atoms with van der Waals surface area (Å²) in [5.74, 6) is 0. The number of hydrogen-bond donors (Lipinski definition) is 1. The first-order chi connectivity index (χ1) is 11.1. The van der Waals surface area contributed by atoms with Crippen LogP contribution in [0.3, 0.4) is 0 Å². The second-order valence-corrected chi connectivity index (χ2v) is 7.26. The lowest BCUT2D eigenvalue weighted by Crippen LogP contribution is -1.99. The van der Waals surface area contributed by atoms with E-state index in [0.717, 1.165) is 17.2 Å². The molecule has 2 nitrogen and oxygen atoms in total. The summed E-state index contributed by atoms with van der Waals surface area (Å²) in [5, 5.41) is 4.49. The molecule has 2 aromatic carbocycles. The number of aryl methyl sites for hydroxylation is 3. The smallest absolute Gasteiger partial charge is 0.183 e. The third-order valence-corrected chi connectivity index (χ3v) is 5.15. The van der Waals surface area contributed by atoms with Crippen LogP contribution >= 0.6 is 11.3 Å². The summed E-state index contributed by atoms with van der Waals surface area (Å²) >= 11 is 1.75. The molecule has 1 N–H and O–H groups in total. The second kappa shape index (κ2) is 6.71. The number of nitrogens with zero attached hydrogens (tertiary/aromatic N) is 1. The second-order valence-electron chi connectivity index (χ2n) is 6.23. The van der Waals surface area contributed by atoms with Crippen molar-refractivity contribution in [2.24, 2.45) is 0 Å². The number of benzene rings is 2. The molecule has 0 aliphatic heterocycles. The van der Waals surface area contributed by atoms with E-state index >= 15 is 0 Å². The molecule has 0 spiro atoms. The Morgan fingerprint density at radius 2 is 1.83 bits per heavy atom. The highest BCUT2D eigenvalue weighted by Gasteiger charge is 2.13. The van der Waals surface area contributed by atoms with Crippen LogP contribution in [0.1, 0.15) is 36.5 Å². The monoisotopic (exact) mass is 324 g/mol. The number of aromatic nitrogens is 1. The van der Waals surface area contributed by atoms with Crippen LogP contribution in [0.4, 0.5) is 5.13 Å². The van der Waals surface area contributed by atoms with Crippen LogP contribution in [0.5, 0.6) is 0 Å². The Kier molecular flexibility index (Phi) is 4.67. The molecule has 0 fully saturated rings. The molecular weight excluding hydrogens is 300 g/mol. The summed E-state index contributed by atoms with van der Waals surface area (Å²) in [7, 11) is 0. The van der Waals surface area contributed by atoms with Gasteiger partial charge in [-0.1, -0.05) is 54.5 Å². The number of nitrogens with one attached hydrogen (secondary N) is 1. The minimum atomic E-state index is 0.994. The summed E-state index contributed by atoms with van der Waals surface area (Å²) in [5.41, 5.74) is 7.65. The number of para-hydroxylation sites is 1. The van der Waals surface area contributed by atoms with Gasteiger partial charge in [0.05, 0.1) is 10.2 Å². The standard InChI is InChI=1S/C20H24N2S/c1-5-6-10-21-20-22-19-16(8-7-9-17(19)23-20)18-14(3)11-13(2)12-15(18)4/h7-9,11-12H,5-6,10H2,1-4H3,(H,21,22). The van der Waals surface area contributed by atoms with E-state index in [1.54, 1.807) is 11.3 Å². The molecule has 3 aromatic rings. The maximum absolute atomic E-state index is 4.87. The van der Waals surface area contributed by atoms with Gasteiger partial charge in [0, 0.05) is 12.1 Å². The first-order valence-corrected chi connectivity index (χ1v) is 9.13. The molecule has 0 saturated carbocycles. The third kappa shape index (κ3) is 3.25. The van der Waals surface area contributed by atoms with Gasteiger partial charge in [-0.15, -0.1) is 0 Å². The van der Waals surface area contributed by atoms with Gasteiger partial charge >= 0.3 is 0 Å². The van der Waals surface area contributed by atoms with Gasteiger partial charge in [-0.25, -0.2) is 4.98 Å². The van der Waals surface area contributed by atoms with E-state index in [1.807, 2.05) is 0 Å². The molecule has 0 saturated heterocycles. The summed E-state index contributed by atoms with van der Waals surface area (Å²) in [6, 6.07) is 11.0. The maximum Gasteiger partial charge on any atom is 0.183 e. The van der Waals surface area contributed by atoms with Crippen molar-refractivity contribution in [3.8, 4) is 11.1 Å². The lowest BCUT2D eigenvalue weighted by atomic mass is 9.93. The highest BCUT2D eigenvalue weighted by atomic mass is 32.1. The van der Waals surface area contributed by atoms with Crippen LogP contribution < -0.4 is 5.32 Å². The predicted molar refractivity (Wildman–Crippen MR) is 103 cm³/mol. The van der Waals surface area contributed by atoms with E-state index < -0.39 is 0 Å². The lowest BCUT2D eigenvalue weighted by Gasteiger charge is -2.12. The quantitative estimate of drug-likeness (QED) is 0.573. The first kappa shape index (κ1) is 16.0. The van der Waals surface area contributed by atoms with Crippen molar-refractivity contribution in [3.63, 3.8) is 0 Å². The number of fused-ring (bicyclic) bond motifs is 1. The van der Waals surface area contributed by atoms with Crippen LogP contribution in [-0.2, 0) is 0 Å². The van der Waals surface area contributed by atoms with Crippen LogP contribution in [-0.4, -0.2) is 11.5 Å². The predicted octanol–water partition coefficient (Wildman–Crippen LogP) is 6.10. The van der Waals surface area contributed by atoms with E-state index in [4.69, 9.17) is 4.98 Å². The Balaban J connectivity index is 2.08. The van der Waals surface area contributed by atoms with Gasteiger partial charge in [0.15, 0.2) is 5.13 Å². The average molecular weight is 324 g/mol. The Hall–Kier alpha value is -1.87. The fraction of sp³-hybridized carbons (Fsp3) is 0.350. The highest BCUT2D eigenvalue weighted by molar-refractivity contribution is 7.22. The van der Waals surface area contributed by atoms with E-state index in [1.165, 1.54) is 45.4 Å².